The molecule has 1 heterocycles. The second-order valence-corrected chi connectivity index (χ2v) is 5.29. The highest BCUT2D eigenvalue weighted by molar-refractivity contribution is 5.95. The smallest absolute Gasteiger partial charge is 0.216 e. The maximum atomic E-state index is 5.60. The highest BCUT2D eigenvalue weighted by atomic mass is 16.5. The van der Waals surface area contributed by atoms with E-state index in [1.165, 1.54) is 5.56 Å². The van der Waals surface area contributed by atoms with Gasteiger partial charge in [0, 0.05) is 5.56 Å². The zero-order valence-electron chi connectivity index (χ0n) is 10.4. The van der Waals surface area contributed by atoms with Crippen LogP contribution in [-0.2, 0) is 4.74 Å². The zero-order valence-corrected chi connectivity index (χ0v) is 10.4. The first-order chi connectivity index (χ1) is 7.48. The highest BCUT2D eigenvalue weighted by Gasteiger charge is 2.26. The van der Waals surface area contributed by atoms with Crippen LogP contribution in [0, 0.1) is 0 Å². The number of aliphatic imine (C=N–C) groups is 1. The van der Waals surface area contributed by atoms with Gasteiger partial charge < -0.3 is 4.74 Å². The van der Waals surface area contributed by atoms with Gasteiger partial charge in [0.15, 0.2) is 0 Å². The second kappa shape index (κ2) is 3.93. The summed E-state index contributed by atoms with van der Waals surface area (Å²) in [6, 6.07) is 8.49. The summed E-state index contributed by atoms with van der Waals surface area (Å²) in [5.41, 5.74) is 2.35. The number of ether oxygens (including phenoxy) is 1. The molecule has 0 unspecified atom stereocenters. The summed E-state index contributed by atoms with van der Waals surface area (Å²) < 4.78 is 5.60. The van der Waals surface area contributed by atoms with Crippen LogP contribution in [-0.4, -0.2) is 18.0 Å². The van der Waals surface area contributed by atoms with Gasteiger partial charge in [0.25, 0.3) is 0 Å². The van der Waals surface area contributed by atoms with E-state index in [-0.39, 0.29) is 5.54 Å². The summed E-state index contributed by atoms with van der Waals surface area (Å²) in [7, 11) is 0. The van der Waals surface area contributed by atoms with Crippen molar-refractivity contribution in [3.8, 4) is 0 Å². The third-order valence-electron chi connectivity index (χ3n) is 2.79. The Morgan fingerprint density at radius 3 is 2.25 bits per heavy atom. The normalized spacial score (nSPS) is 18.4. The van der Waals surface area contributed by atoms with E-state index in [4.69, 9.17) is 4.74 Å². The summed E-state index contributed by atoms with van der Waals surface area (Å²) in [6.45, 7) is 9.24. The molecule has 86 valence electrons. The van der Waals surface area contributed by atoms with Gasteiger partial charge in [0.1, 0.15) is 6.61 Å². The molecule has 0 spiro atoms. The predicted molar refractivity (Wildman–Crippen MR) is 67.1 cm³/mol. The molecule has 0 amide bonds. The molecule has 2 nitrogen and oxygen atoms in total. The fourth-order valence-electron chi connectivity index (χ4n) is 1.74. The van der Waals surface area contributed by atoms with Crippen LogP contribution in [0.5, 0.6) is 0 Å². The summed E-state index contributed by atoms with van der Waals surface area (Å²) >= 11 is 0. The van der Waals surface area contributed by atoms with E-state index in [9.17, 15) is 0 Å². The van der Waals surface area contributed by atoms with Crippen LogP contribution in [0.15, 0.2) is 29.3 Å². The van der Waals surface area contributed by atoms with Crippen molar-refractivity contribution < 1.29 is 4.74 Å². The molecule has 0 atom stereocenters. The van der Waals surface area contributed by atoms with Crippen LogP contribution < -0.4 is 0 Å². The zero-order chi connectivity index (χ0) is 11.8. The Hall–Kier alpha value is -1.31. The van der Waals surface area contributed by atoms with Crippen molar-refractivity contribution in [2.24, 2.45) is 4.99 Å². The van der Waals surface area contributed by atoms with Gasteiger partial charge in [-0.3, -0.25) is 0 Å². The van der Waals surface area contributed by atoms with E-state index in [0.29, 0.717) is 12.5 Å². The summed E-state index contributed by atoms with van der Waals surface area (Å²) in [5.74, 6) is 1.34. The van der Waals surface area contributed by atoms with E-state index in [1.807, 2.05) is 0 Å². The third-order valence-corrected chi connectivity index (χ3v) is 2.79. The SMILES string of the molecule is CC(C)c1ccc(C2=NC(C)(C)CO2)cc1. The first-order valence-electron chi connectivity index (χ1n) is 5.81. The lowest BCUT2D eigenvalue weighted by Gasteiger charge is -2.07. The Morgan fingerprint density at radius 1 is 1.19 bits per heavy atom. The minimum Gasteiger partial charge on any atom is -0.475 e. The molecule has 0 N–H and O–H groups in total. The molecule has 0 saturated carbocycles. The minimum absolute atomic E-state index is 0.0773. The van der Waals surface area contributed by atoms with Crippen LogP contribution >= 0.6 is 0 Å². The summed E-state index contributed by atoms with van der Waals surface area (Å²) in [6.07, 6.45) is 0. The Labute approximate surface area is 97.4 Å². The van der Waals surface area contributed by atoms with Gasteiger partial charge in [-0.25, -0.2) is 4.99 Å². The molecule has 0 fully saturated rings. The fraction of sp³-hybridized carbons (Fsp3) is 0.500. The molecular formula is C14H19NO. The van der Waals surface area contributed by atoms with Crippen molar-refractivity contribution in [3.63, 3.8) is 0 Å². The van der Waals surface area contributed by atoms with Crippen LogP contribution in [0.25, 0.3) is 0 Å². The molecule has 0 aromatic heterocycles. The molecule has 0 saturated heterocycles. The minimum atomic E-state index is -0.0773. The standard InChI is InChI=1S/C14H19NO/c1-10(2)11-5-7-12(8-6-11)13-15-14(3,4)9-16-13/h5-8,10H,9H2,1-4H3. The van der Waals surface area contributed by atoms with Crippen LogP contribution in [0.2, 0.25) is 0 Å². The Morgan fingerprint density at radius 2 is 1.81 bits per heavy atom. The molecule has 1 aromatic carbocycles. The maximum Gasteiger partial charge on any atom is 0.216 e. The quantitative estimate of drug-likeness (QED) is 0.744. The van der Waals surface area contributed by atoms with E-state index in [2.05, 4.69) is 57.0 Å². The third kappa shape index (κ3) is 2.26. The van der Waals surface area contributed by atoms with Crippen LogP contribution in [0.1, 0.15) is 44.7 Å². The lowest BCUT2D eigenvalue weighted by molar-refractivity contribution is 0.279. The number of nitrogens with zero attached hydrogens (tertiary/aromatic N) is 1. The fourth-order valence-corrected chi connectivity index (χ4v) is 1.74. The Kier molecular flexibility index (Phi) is 2.75. The van der Waals surface area contributed by atoms with Gasteiger partial charge >= 0.3 is 0 Å². The average Bonchev–Trinajstić information content (AvgIpc) is 2.59. The molecular weight excluding hydrogens is 198 g/mol. The number of hydrogen-bond donors (Lipinski definition) is 0. The molecule has 0 aliphatic carbocycles. The maximum absolute atomic E-state index is 5.60. The highest BCUT2D eigenvalue weighted by Crippen LogP contribution is 2.22. The molecule has 1 aliphatic heterocycles. The van der Waals surface area contributed by atoms with E-state index in [0.717, 1.165) is 11.5 Å². The summed E-state index contributed by atoms with van der Waals surface area (Å²) in [5, 5.41) is 0. The molecule has 2 rings (SSSR count). The number of benzene rings is 1. The van der Waals surface area contributed by atoms with Gasteiger partial charge in [-0.1, -0.05) is 26.0 Å². The number of rotatable bonds is 2. The molecule has 0 radical (unpaired) electrons. The number of hydrogen-bond acceptors (Lipinski definition) is 2. The topological polar surface area (TPSA) is 21.6 Å². The van der Waals surface area contributed by atoms with E-state index >= 15 is 0 Å². The lowest BCUT2D eigenvalue weighted by Crippen LogP contribution is -2.17. The molecule has 16 heavy (non-hydrogen) atoms. The molecule has 2 heteroatoms. The van der Waals surface area contributed by atoms with E-state index < -0.39 is 0 Å². The van der Waals surface area contributed by atoms with Crippen molar-refractivity contribution in [2.45, 2.75) is 39.2 Å². The largest absolute Gasteiger partial charge is 0.475 e. The van der Waals surface area contributed by atoms with Crippen LogP contribution in [0.3, 0.4) is 0 Å². The van der Waals surface area contributed by atoms with Crippen molar-refractivity contribution >= 4 is 5.90 Å². The van der Waals surface area contributed by atoms with Crippen molar-refractivity contribution in [3.05, 3.63) is 35.4 Å². The van der Waals surface area contributed by atoms with Crippen molar-refractivity contribution in [2.75, 3.05) is 6.61 Å². The monoisotopic (exact) mass is 217 g/mol. The second-order valence-electron chi connectivity index (χ2n) is 5.29. The molecule has 0 bridgehead atoms. The van der Waals surface area contributed by atoms with Gasteiger partial charge in [-0.2, -0.15) is 0 Å². The summed E-state index contributed by atoms with van der Waals surface area (Å²) in [4.78, 5) is 4.56. The Bertz CT molecular complexity index is 401. The van der Waals surface area contributed by atoms with Gasteiger partial charge in [0.2, 0.25) is 5.90 Å². The average molecular weight is 217 g/mol. The van der Waals surface area contributed by atoms with Gasteiger partial charge in [-0.15, -0.1) is 0 Å². The first kappa shape index (κ1) is 11.2. The predicted octanol–water partition coefficient (Wildman–Crippen LogP) is 3.37. The van der Waals surface area contributed by atoms with Crippen molar-refractivity contribution in [1.29, 1.82) is 0 Å². The first-order valence-corrected chi connectivity index (χ1v) is 5.81. The molecule has 1 aromatic rings. The van der Waals surface area contributed by atoms with E-state index in [1.54, 1.807) is 0 Å². The lowest BCUT2D eigenvalue weighted by atomic mass is 10.0. The molecule has 1 aliphatic rings. The van der Waals surface area contributed by atoms with Crippen LogP contribution in [0.4, 0.5) is 0 Å². The Balaban J connectivity index is 2.23. The van der Waals surface area contributed by atoms with Gasteiger partial charge in [-0.05, 0) is 37.5 Å². The van der Waals surface area contributed by atoms with Crippen molar-refractivity contribution in [1.82, 2.24) is 0 Å². The van der Waals surface area contributed by atoms with Gasteiger partial charge in [0.05, 0.1) is 5.54 Å².